The first-order valence-electron chi connectivity index (χ1n) is 7.06. The molecule has 0 amide bonds. The maximum atomic E-state index is 11.5. The van der Waals surface area contributed by atoms with Gasteiger partial charge in [0, 0.05) is 12.0 Å². The van der Waals surface area contributed by atoms with E-state index in [0.717, 1.165) is 12.2 Å². The molecule has 0 radical (unpaired) electrons. The van der Waals surface area contributed by atoms with Gasteiger partial charge in [0.2, 0.25) is 0 Å². The number of methoxy groups -OCH3 is 1. The summed E-state index contributed by atoms with van der Waals surface area (Å²) in [6, 6.07) is 14.5. The van der Waals surface area contributed by atoms with Crippen molar-refractivity contribution >= 4 is 11.8 Å². The van der Waals surface area contributed by atoms with Crippen molar-refractivity contribution in [2.45, 2.75) is 25.3 Å². The summed E-state index contributed by atoms with van der Waals surface area (Å²) in [6.07, 6.45) is 1.11. The fraction of sp³-hybridized carbons (Fsp3) is 0.294. The van der Waals surface area contributed by atoms with Crippen LogP contribution >= 0.6 is 0 Å². The van der Waals surface area contributed by atoms with Crippen molar-refractivity contribution in [3.63, 3.8) is 0 Å². The van der Waals surface area contributed by atoms with E-state index in [1.807, 2.05) is 19.1 Å². The van der Waals surface area contributed by atoms with Crippen molar-refractivity contribution in [3.05, 3.63) is 59.3 Å². The Kier molecular flexibility index (Phi) is 3.60. The number of carbonyl (C=O) groups excluding carboxylic acids is 1. The molecule has 1 heterocycles. The summed E-state index contributed by atoms with van der Waals surface area (Å²) in [7, 11) is 1.38. The third-order valence-electron chi connectivity index (χ3n) is 3.84. The third-order valence-corrected chi connectivity index (χ3v) is 3.84. The Balaban J connectivity index is 1.67. The summed E-state index contributed by atoms with van der Waals surface area (Å²) in [5.41, 5.74) is 2.56. The molecule has 3 rings (SSSR count). The molecule has 4 nitrogen and oxygen atoms in total. The number of benzene rings is 1. The van der Waals surface area contributed by atoms with Crippen molar-refractivity contribution in [1.82, 2.24) is 4.98 Å². The molecule has 1 fully saturated rings. The number of carbonyl (C=O) groups is 1. The number of nitrogens with zero attached hydrogens (tertiary/aromatic N) is 1. The van der Waals surface area contributed by atoms with Crippen molar-refractivity contribution < 1.29 is 9.53 Å². The minimum atomic E-state index is -0.347. The summed E-state index contributed by atoms with van der Waals surface area (Å²) < 4.78 is 4.73. The second-order valence-corrected chi connectivity index (χ2v) is 5.32. The van der Waals surface area contributed by atoms with Gasteiger partial charge in [-0.3, -0.25) is 0 Å². The molecule has 0 aliphatic heterocycles. The van der Waals surface area contributed by atoms with E-state index >= 15 is 0 Å². The lowest BCUT2D eigenvalue weighted by atomic mass is 10.1. The number of aromatic nitrogens is 1. The van der Waals surface area contributed by atoms with Crippen molar-refractivity contribution in [2.75, 3.05) is 12.4 Å². The third kappa shape index (κ3) is 2.89. The minimum Gasteiger partial charge on any atom is -0.465 e. The van der Waals surface area contributed by atoms with Crippen molar-refractivity contribution in [3.8, 4) is 0 Å². The first-order chi connectivity index (χ1) is 10.2. The molecule has 1 aromatic heterocycles. The second-order valence-electron chi connectivity index (χ2n) is 5.32. The lowest BCUT2D eigenvalue weighted by Crippen LogP contribution is -2.09. The zero-order valence-electron chi connectivity index (χ0n) is 12.2. The van der Waals surface area contributed by atoms with Crippen LogP contribution in [0.5, 0.6) is 0 Å². The Morgan fingerprint density at radius 1 is 1.24 bits per heavy atom. The number of pyridine rings is 1. The van der Waals surface area contributed by atoms with Gasteiger partial charge in [0.1, 0.15) is 5.82 Å². The molecule has 4 heteroatoms. The van der Waals surface area contributed by atoms with Crippen LogP contribution in [0, 0.1) is 6.92 Å². The average molecular weight is 282 g/mol. The number of anilines is 1. The average Bonchev–Trinajstić information content (AvgIpc) is 3.27. The van der Waals surface area contributed by atoms with Crippen LogP contribution in [-0.4, -0.2) is 24.1 Å². The maximum Gasteiger partial charge on any atom is 0.339 e. The maximum absolute atomic E-state index is 11.5. The number of ether oxygens (including phenoxy) is 1. The SMILES string of the molecule is COC(=O)c1ccc(NC2CC2c2ccccc2)nc1C. The molecule has 0 saturated heterocycles. The molecule has 0 bridgehead atoms. The predicted molar refractivity (Wildman–Crippen MR) is 81.5 cm³/mol. The Morgan fingerprint density at radius 3 is 2.67 bits per heavy atom. The van der Waals surface area contributed by atoms with Crippen LogP contribution in [0.4, 0.5) is 5.82 Å². The van der Waals surface area contributed by atoms with Crippen molar-refractivity contribution in [1.29, 1.82) is 0 Å². The van der Waals surface area contributed by atoms with E-state index in [0.29, 0.717) is 23.2 Å². The van der Waals surface area contributed by atoms with E-state index in [1.54, 1.807) is 6.07 Å². The first kappa shape index (κ1) is 13.6. The Labute approximate surface area is 124 Å². The van der Waals surface area contributed by atoms with Crippen LogP contribution in [0.25, 0.3) is 0 Å². The molecule has 0 spiro atoms. The summed E-state index contributed by atoms with van der Waals surface area (Å²) in [4.78, 5) is 16.0. The fourth-order valence-electron chi connectivity index (χ4n) is 2.58. The van der Waals surface area contributed by atoms with Crippen LogP contribution in [0.2, 0.25) is 0 Å². The Hall–Kier alpha value is -2.36. The number of rotatable bonds is 4. The molecule has 1 saturated carbocycles. The number of esters is 1. The van der Waals surface area contributed by atoms with Crippen LogP contribution in [0.15, 0.2) is 42.5 Å². The van der Waals surface area contributed by atoms with Gasteiger partial charge < -0.3 is 10.1 Å². The lowest BCUT2D eigenvalue weighted by Gasteiger charge is -2.08. The minimum absolute atomic E-state index is 0.347. The van der Waals surface area contributed by atoms with E-state index in [9.17, 15) is 4.79 Å². The fourth-order valence-corrected chi connectivity index (χ4v) is 2.58. The van der Waals surface area contributed by atoms with Crippen LogP contribution in [0.1, 0.15) is 34.0 Å². The van der Waals surface area contributed by atoms with Gasteiger partial charge in [0.15, 0.2) is 0 Å². The Morgan fingerprint density at radius 2 is 2.00 bits per heavy atom. The summed E-state index contributed by atoms with van der Waals surface area (Å²) in [5, 5.41) is 3.43. The lowest BCUT2D eigenvalue weighted by molar-refractivity contribution is 0.0599. The molecule has 2 aromatic rings. The normalized spacial score (nSPS) is 19.9. The molecule has 21 heavy (non-hydrogen) atoms. The molecule has 2 unspecified atom stereocenters. The van der Waals surface area contributed by atoms with Crippen LogP contribution < -0.4 is 5.32 Å². The molecule has 1 N–H and O–H groups in total. The number of hydrogen-bond acceptors (Lipinski definition) is 4. The summed E-state index contributed by atoms with van der Waals surface area (Å²) in [6.45, 7) is 1.82. The highest BCUT2D eigenvalue weighted by Gasteiger charge is 2.38. The van der Waals surface area contributed by atoms with E-state index in [4.69, 9.17) is 4.74 Å². The molecular formula is C17H18N2O2. The van der Waals surface area contributed by atoms with E-state index in [-0.39, 0.29) is 5.97 Å². The van der Waals surface area contributed by atoms with Gasteiger partial charge in [-0.25, -0.2) is 9.78 Å². The monoisotopic (exact) mass is 282 g/mol. The van der Waals surface area contributed by atoms with Crippen LogP contribution in [-0.2, 0) is 4.74 Å². The van der Waals surface area contributed by atoms with Crippen molar-refractivity contribution in [2.24, 2.45) is 0 Å². The standard InChI is InChI=1S/C17H18N2O2/c1-11-13(17(20)21-2)8-9-16(18-11)19-15-10-14(15)12-6-4-3-5-7-12/h3-9,14-15H,10H2,1-2H3,(H,18,19). The molecular weight excluding hydrogens is 264 g/mol. The van der Waals surface area contributed by atoms with Crippen LogP contribution in [0.3, 0.4) is 0 Å². The van der Waals surface area contributed by atoms with Gasteiger partial charge in [-0.1, -0.05) is 30.3 Å². The molecule has 1 aromatic carbocycles. The number of nitrogens with one attached hydrogen (secondary N) is 1. The quantitative estimate of drug-likeness (QED) is 0.875. The van der Waals surface area contributed by atoms with Gasteiger partial charge in [-0.15, -0.1) is 0 Å². The molecule has 1 aliphatic rings. The first-order valence-corrected chi connectivity index (χ1v) is 7.06. The zero-order chi connectivity index (χ0) is 14.8. The number of hydrogen-bond donors (Lipinski definition) is 1. The van der Waals surface area contributed by atoms with E-state index < -0.39 is 0 Å². The van der Waals surface area contributed by atoms with E-state index in [2.05, 4.69) is 34.6 Å². The second kappa shape index (κ2) is 5.56. The summed E-state index contributed by atoms with van der Waals surface area (Å²) >= 11 is 0. The smallest absolute Gasteiger partial charge is 0.339 e. The zero-order valence-corrected chi connectivity index (χ0v) is 12.2. The topological polar surface area (TPSA) is 51.2 Å². The largest absolute Gasteiger partial charge is 0.465 e. The molecule has 108 valence electrons. The number of aryl methyl sites for hydroxylation is 1. The molecule has 2 atom stereocenters. The van der Waals surface area contributed by atoms with Gasteiger partial charge in [0.05, 0.1) is 18.4 Å². The highest BCUT2D eigenvalue weighted by Crippen LogP contribution is 2.42. The highest BCUT2D eigenvalue weighted by atomic mass is 16.5. The van der Waals surface area contributed by atoms with Gasteiger partial charge in [0.25, 0.3) is 0 Å². The van der Waals surface area contributed by atoms with Gasteiger partial charge in [-0.2, -0.15) is 0 Å². The summed E-state index contributed by atoms with van der Waals surface area (Å²) in [5.74, 6) is 1.01. The van der Waals surface area contributed by atoms with E-state index in [1.165, 1.54) is 12.7 Å². The highest BCUT2D eigenvalue weighted by molar-refractivity contribution is 5.90. The molecule has 1 aliphatic carbocycles. The Bertz CT molecular complexity index is 655. The van der Waals surface area contributed by atoms with Gasteiger partial charge in [-0.05, 0) is 31.0 Å². The predicted octanol–water partition coefficient (Wildman–Crippen LogP) is 3.14. The van der Waals surface area contributed by atoms with Gasteiger partial charge >= 0.3 is 5.97 Å².